The minimum absolute atomic E-state index is 0.194. The van der Waals surface area contributed by atoms with Gasteiger partial charge in [-0.05, 0) is 41.5 Å². The van der Waals surface area contributed by atoms with Gasteiger partial charge >= 0.3 is 6.03 Å². The van der Waals surface area contributed by atoms with E-state index in [1.54, 1.807) is 0 Å². The van der Waals surface area contributed by atoms with Gasteiger partial charge in [-0.1, -0.05) is 69.7 Å². The maximum atomic E-state index is 13.0. The lowest BCUT2D eigenvalue weighted by molar-refractivity contribution is -0.118. The minimum Gasteiger partial charge on any atom is -0.367 e. The van der Waals surface area contributed by atoms with Crippen molar-refractivity contribution >= 4 is 17.6 Å². The van der Waals surface area contributed by atoms with Gasteiger partial charge in [0.1, 0.15) is 12.0 Å². The molecular formula is C28H39N7O2. The van der Waals surface area contributed by atoms with Crippen LogP contribution in [0.4, 0.5) is 10.5 Å². The summed E-state index contributed by atoms with van der Waals surface area (Å²) in [6, 6.07) is 17.7. The van der Waals surface area contributed by atoms with Crippen LogP contribution in [-0.2, 0) is 11.3 Å². The van der Waals surface area contributed by atoms with E-state index in [-0.39, 0.29) is 17.0 Å². The normalized spacial score (nSPS) is 22.5. The summed E-state index contributed by atoms with van der Waals surface area (Å²) in [6.45, 7) is 7.84. The van der Waals surface area contributed by atoms with Crippen LogP contribution in [0.25, 0.3) is 0 Å². The first kappa shape index (κ1) is 26.7. The van der Waals surface area contributed by atoms with Crippen molar-refractivity contribution < 1.29 is 9.59 Å². The van der Waals surface area contributed by atoms with E-state index >= 15 is 0 Å². The number of nitrogens with zero attached hydrogens (tertiary/aromatic N) is 2. The number of carbonyl (C=O) groups is 2. The Hall–Kier alpha value is -3.40. The lowest BCUT2D eigenvalue weighted by Gasteiger charge is -2.39. The highest BCUT2D eigenvalue weighted by molar-refractivity contribution is 6.08. The molecule has 2 fully saturated rings. The number of hydrogen-bond donors (Lipinski definition) is 5. The van der Waals surface area contributed by atoms with Crippen molar-refractivity contribution in [2.45, 2.75) is 58.8 Å². The van der Waals surface area contributed by atoms with Crippen molar-refractivity contribution in [3.05, 3.63) is 77.1 Å². The molecule has 0 aromatic heterocycles. The van der Waals surface area contributed by atoms with Gasteiger partial charge in [0.05, 0.1) is 5.57 Å². The molecule has 2 saturated heterocycles. The molecule has 198 valence electrons. The van der Waals surface area contributed by atoms with Crippen molar-refractivity contribution in [3.8, 4) is 0 Å². The lowest BCUT2D eigenvalue weighted by atomic mass is 9.94. The zero-order valence-electron chi connectivity index (χ0n) is 22.0. The van der Waals surface area contributed by atoms with Crippen LogP contribution in [0.15, 0.2) is 66.0 Å². The number of anilines is 1. The summed E-state index contributed by atoms with van der Waals surface area (Å²) in [4.78, 5) is 27.2. The summed E-state index contributed by atoms with van der Waals surface area (Å²) in [5, 5.41) is 11.1. The Morgan fingerprint density at radius 3 is 2.41 bits per heavy atom. The molecule has 2 aliphatic heterocycles. The van der Waals surface area contributed by atoms with Crippen LogP contribution >= 0.6 is 0 Å². The molecule has 2 unspecified atom stereocenters. The summed E-state index contributed by atoms with van der Waals surface area (Å²) < 4.78 is 0. The molecular weight excluding hydrogens is 466 g/mol. The number of para-hydroxylation sites is 1. The molecule has 2 aliphatic rings. The molecule has 0 bridgehead atoms. The molecule has 37 heavy (non-hydrogen) atoms. The fraction of sp³-hybridized carbons (Fsp3) is 0.429. The van der Waals surface area contributed by atoms with Gasteiger partial charge in [-0.3, -0.25) is 16.0 Å². The highest BCUT2D eigenvalue weighted by atomic mass is 16.2. The maximum Gasteiger partial charge on any atom is 0.325 e. The number of rotatable bonds is 7. The topological polar surface area (TPSA) is 129 Å². The Bertz CT molecular complexity index is 1130. The first-order valence-corrected chi connectivity index (χ1v) is 12.9. The smallest absolute Gasteiger partial charge is 0.325 e. The Morgan fingerprint density at radius 1 is 1.05 bits per heavy atom. The molecule has 2 atom stereocenters. The third-order valence-electron chi connectivity index (χ3n) is 6.69. The van der Waals surface area contributed by atoms with Crippen molar-refractivity contribution in [2.75, 3.05) is 18.4 Å². The fourth-order valence-electron chi connectivity index (χ4n) is 4.83. The van der Waals surface area contributed by atoms with Crippen LogP contribution in [0.3, 0.4) is 0 Å². The minimum atomic E-state index is -0.900. The Balaban J connectivity index is 1.58. The summed E-state index contributed by atoms with van der Waals surface area (Å²) in [5.41, 5.74) is 9.68. The van der Waals surface area contributed by atoms with Gasteiger partial charge in [0.15, 0.2) is 0 Å². The standard InChI is InChI=1S/C28H39N7O2/c1-28(2,3)18-34-24(29)23(26(36)33-27(34)37)25(32-21-9-5-4-6-10-21)31-17-19-12-14-20(15-13-19)22-11-7-8-16-35(22)30/h4-6,9-10,12-15,22,24,31-32H,7-8,11,16-18,29-30H2,1-3H3,(H,33,36,37)/b25-23-. The summed E-state index contributed by atoms with van der Waals surface area (Å²) in [6.07, 6.45) is 2.47. The second kappa shape index (κ2) is 11.3. The number of piperidine rings is 1. The molecule has 3 amide bonds. The van der Waals surface area contributed by atoms with Crippen molar-refractivity contribution in [3.63, 3.8) is 0 Å². The van der Waals surface area contributed by atoms with Crippen LogP contribution in [0.5, 0.6) is 0 Å². The van der Waals surface area contributed by atoms with E-state index in [2.05, 4.69) is 40.2 Å². The largest absolute Gasteiger partial charge is 0.367 e. The average Bonchev–Trinajstić information content (AvgIpc) is 2.86. The van der Waals surface area contributed by atoms with Gasteiger partial charge in [-0.2, -0.15) is 0 Å². The van der Waals surface area contributed by atoms with E-state index in [9.17, 15) is 9.59 Å². The monoisotopic (exact) mass is 505 g/mol. The van der Waals surface area contributed by atoms with Crippen LogP contribution in [0, 0.1) is 5.41 Å². The number of nitrogens with two attached hydrogens (primary N) is 2. The van der Waals surface area contributed by atoms with Gasteiger partial charge in [0.2, 0.25) is 0 Å². The molecule has 0 saturated carbocycles. The Morgan fingerprint density at radius 2 is 1.76 bits per heavy atom. The van der Waals surface area contributed by atoms with E-state index in [0.717, 1.165) is 30.6 Å². The van der Waals surface area contributed by atoms with E-state index < -0.39 is 18.1 Å². The zero-order valence-corrected chi connectivity index (χ0v) is 22.0. The zero-order chi connectivity index (χ0) is 26.6. The van der Waals surface area contributed by atoms with E-state index in [0.29, 0.717) is 18.9 Å². The number of imide groups is 1. The van der Waals surface area contributed by atoms with Crippen LogP contribution < -0.4 is 27.5 Å². The number of hydrazine groups is 1. The number of urea groups is 1. The Labute approximate surface area is 219 Å². The second-order valence-corrected chi connectivity index (χ2v) is 11.0. The molecule has 0 spiro atoms. The highest BCUT2D eigenvalue weighted by Gasteiger charge is 2.38. The second-order valence-electron chi connectivity index (χ2n) is 11.0. The van der Waals surface area contributed by atoms with Gasteiger partial charge < -0.3 is 21.3 Å². The van der Waals surface area contributed by atoms with Gasteiger partial charge in [0, 0.05) is 31.4 Å². The van der Waals surface area contributed by atoms with Gasteiger partial charge in [-0.15, -0.1) is 0 Å². The molecule has 2 heterocycles. The summed E-state index contributed by atoms with van der Waals surface area (Å²) in [5.74, 6) is 6.17. The SMILES string of the molecule is CC(C)(C)CN1C(=O)NC(=O)/C(=C(/NCc2ccc(C3CCCCN3N)cc2)Nc2ccccc2)C1N. The number of nitrogens with one attached hydrogen (secondary N) is 3. The van der Waals surface area contributed by atoms with Crippen LogP contribution in [0.2, 0.25) is 0 Å². The molecule has 2 aromatic rings. The lowest BCUT2D eigenvalue weighted by Crippen LogP contribution is -2.62. The van der Waals surface area contributed by atoms with Crippen LogP contribution in [0.1, 0.15) is 57.2 Å². The summed E-state index contributed by atoms with van der Waals surface area (Å²) in [7, 11) is 0. The number of amides is 3. The first-order chi connectivity index (χ1) is 17.6. The third kappa shape index (κ3) is 6.68. The van der Waals surface area contributed by atoms with Crippen molar-refractivity contribution in [1.82, 2.24) is 20.5 Å². The fourth-order valence-corrected chi connectivity index (χ4v) is 4.83. The third-order valence-corrected chi connectivity index (χ3v) is 6.69. The molecule has 4 rings (SSSR count). The molecule has 0 aliphatic carbocycles. The van der Waals surface area contributed by atoms with E-state index in [1.165, 1.54) is 16.9 Å². The highest BCUT2D eigenvalue weighted by Crippen LogP contribution is 2.28. The molecule has 0 radical (unpaired) electrons. The van der Waals surface area contributed by atoms with Gasteiger partial charge in [0.25, 0.3) is 5.91 Å². The van der Waals surface area contributed by atoms with Crippen molar-refractivity contribution in [1.29, 1.82) is 0 Å². The molecule has 9 heteroatoms. The van der Waals surface area contributed by atoms with Crippen LogP contribution in [-0.4, -0.2) is 41.1 Å². The molecule has 2 aromatic carbocycles. The van der Waals surface area contributed by atoms with E-state index in [4.69, 9.17) is 11.6 Å². The maximum absolute atomic E-state index is 13.0. The summed E-state index contributed by atoms with van der Waals surface area (Å²) >= 11 is 0. The van der Waals surface area contributed by atoms with Crippen molar-refractivity contribution in [2.24, 2.45) is 17.0 Å². The Kier molecular flexibility index (Phi) is 8.16. The number of benzene rings is 2. The van der Waals surface area contributed by atoms with E-state index in [1.807, 2.05) is 56.1 Å². The predicted octanol–water partition coefficient (Wildman–Crippen LogP) is 3.38. The first-order valence-electron chi connectivity index (χ1n) is 12.9. The molecule has 7 N–H and O–H groups in total. The quantitative estimate of drug-likeness (QED) is 0.288. The number of carbonyl (C=O) groups excluding carboxylic acids is 2. The number of hydrogen-bond acceptors (Lipinski definition) is 7. The average molecular weight is 506 g/mol. The predicted molar refractivity (Wildman–Crippen MR) is 146 cm³/mol. The van der Waals surface area contributed by atoms with Gasteiger partial charge in [-0.25, -0.2) is 9.80 Å². The molecule has 9 nitrogen and oxygen atoms in total.